The monoisotopic (exact) mass is 388 g/mol. The SMILES string of the molecule is Cn1nc(C(=O)NNC(=O)c2ccc(OC(F)F)cc2)c2ccccc2c1=O. The normalized spacial score (nSPS) is 10.7. The quantitative estimate of drug-likeness (QED) is 0.661. The van der Waals surface area contributed by atoms with Crippen LogP contribution in [0.25, 0.3) is 10.8 Å². The molecule has 10 heteroatoms. The molecule has 2 N–H and O–H groups in total. The lowest BCUT2D eigenvalue weighted by molar-refractivity contribution is -0.0498. The molecule has 8 nitrogen and oxygen atoms in total. The molecule has 0 atom stereocenters. The number of fused-ring (bicyclic) bond motifs is 1. The average Bonchev–Trinajstić information content (AvgIpc) is 2.68. The van der Waals surface area contributed by atoms with Crippen LogP contribution >= 0.6 is 0 Å². The van der Waals surface area contributed by atoms with Crippen molar-refractivity contribution in [3.05, 3.63) is 70.1 Å². The summed E-state index contributed by atoms with van der Waals surface area (Å²) in [6.45, 7) is -2.97. The predicted octanol–water partition coefficient (Wildman–Crippen LogP) is 1.61. The summed E-state index contributed by atoms with van der Waals surface area (Å²) in [6, 6.07) is 11.4. The highest BCUT2D eigenvalue weighted by Crippen LogP contribution is 2.15. The number of amides is 2. The van der Waals surface area contributed by atoms with Crippen LogP contribution in [0.3, 0.4) is 0 Å². The first-order chi connectivity index (χ1) is 13.4. The van der Waals surface area contributed by atoms with E-state index >= 15 is 0 Å². The van der Waals surface area contributed by atoms with Crippen molar-refractivity contribution >= 4 is 22.6 Å². The molecule has 0 bridgehead atoms. The Morgan fingerprint density at radius 1 is 1.00 bits per heavy atom. The van der Waals surface area contributed by atoms with Gasteiger partial charge < -0.3 is 4.74 Å². The van der Waals surface area contributed by atoms with Crippen molar-refractivity contribution in [2.75, 3.05) is 0 Å². The molecule has 0 saturated carbocycles. The van der Waals surface area contributed by atoms with E-state index in [-0.39, 0.29) is 22.6 Å². The zero-order valence-electron chi connectivity index (χ0n) is 14.5. The second-order valence-corrected chi connectivity index (χ2v) is 5.63. The van der Waals surface area contributed by atoms with Crippen molar-refractivity contribution < 1.29 is 23.1 Å². The Balaban J connectivity index is 1.74. The van der Waals surface area contributed by atoms with Crippen LogP contribution in [0.4, 0.5) is 8.78 Å². The van der Waals surface area contributed by atoms with Gasteiger partial charge >= 0.3 is 6.61 Å². The third kappa shape index (κ3) is 3.95. The van der Waals surface area contributed by atoms with Gasteiger partial charge in [-0.2, -0.15) is 13.9 Å². The molecule has 2 amide bonds. The molecule has 0 radical (unpaired) electrons. The molecule has 0 aliphatic carbocycles. The summed E-state index contributed by atoms with van der Waals surface area (Å²) in [6.07, 6.45) is 0. The second kappa shape index (κ2) is 7.82. The van der Waals surface area contributed by atoms with Crippen LogP contribution in [0.15, 0.2) is 53.3 Å². The number of nitrogens with one attached hydrogen (secondary N) is 2. The fourth-order valence-corrected chi connectivity index (χ4v) is 2.50. The smallest absolute Gasteiger partial charge is 0.387 e. The summed E-state index contributed by atoms with van der Waals surface area (Å²) in [5.74, 6) is -1.50. The lowest BCUT2D eigenvalue weighted by Crippen LogP contribution is -2.42. The number of aromatic nitrogens is 2. The number of nitrogens with zero attached hydrogens (tertiary/aromatic N) is 2. The maximum absolute atomic E-state index is 12.4. The molecule has 0 unspecified atom stereocenters. The van der Waals surface area contributed by atoms with Gasteiger partial charge in [-0.05, 0) is 30.3 Å². The van der Waals surface area contributed by atoms with Crippen molar-refractivity contribution in [3.8, 4) is 5.75 Å². The lowest BCUT2D eigenvalue weighted by Gasteiger charge is -2.10. The third-order valence-corrected chi connectivity index (χ3v) is 3.80. The fraction of sp³-hybridized carbons (Fsp3) is 0.111. The van der Waals surface area contributed by atoms with Gasteiger partial charge in [-0.25, -0.2) is 4.68 Å². The van der Waals surface area contributed by atoms with E-state index in [1.54, 1.807) is 24.3 Å². The third-order valence-electron chi connectivity index (χ3n) is 3.80. The van der Waals surface area contributed by atoms with Crippen LogP contribution in [-0.4, -0.2) is 28.2 Å². The predicted molar refractivity (Wildman–Crippen MR) is 95.0 cm³/mol. The number of aryl methyl sites for hydroxylation is 1. The number of benzene rings is 2. The molecule has 3 rings (SSSR count). The molecule has 0 saturated heterocycles. The van der Waals surface area contributed by atoms with Crippen LogP contribution in [-0.2, 0) is 7.05 Å². The van der Waals surface area contributed by atoms with Gasteiger partial charge in [-0.3, -0.25) is 25.2 Å². The molecule has 0 fully saturated rings. The first kappa shape index (κ1) is 19.0. The van der Waals surface area contributed by atoms with E-state index < -0.39 is 18.4 Å². The van der Waals surface area contributed by atoms with E-state index in [2.05, 4.69) is 20.7 Å². The Morgan fingerprint density at radius 2 is 1.61 bits per heavy atom. The second-order valence-electron chi connectivity index (χ2n) is 5.63. The first-order valence-electron chi connectivity index (χ1n) is 7.98. The van der Waals surface area contributed by atoms with E-state index in [9.17, 15) is 23.2 Å². The van der Waals surface area contributed by atoms with Crippen molar-refractivity contribution in [1.29, 1.82) is 0 Å². The van der Waals surface area contributed by atoms with Crippen molar-refractivity contribution in [2.24, 2.45) is 7.05 Å². The number of ether oxygens (including phenoxy) is 1. The largest absolute Gasteiger partial charge is 0.435 e. The van der Waals surface area contributed by atoms with Gasteiger partial charge in [0, 0.05) is 18.0 Å². The topological polar surface area (TPSA) is 102 Å². The minimum absolute atomic E-state index is 0.0429. The van der Waals surface area contributed by atoms with Crippen molar-refractivity contribution in [1.82, 2.24) is 20.6 Å². The molecule has 0 spiro atoms. The maximum Gasteiger partial charge on any atom is 0.387 e. The number of carbonyl (C=O) groups is 2. The highest BCUT2D eigenvalue weighted by Gasteiger charge is 2.16. The number of rotatable bonds is 4. The van der Waals surface area contributed by atoms with E-state index in [4.69, 9.17) is 0 Å². The summed E-state index contributed by atoms with van der Waals surface area (Å²) in [4.78, 5) is 36.6. The van der Waals surface area contributed by atoms with Crippen molar-refractivity contribution in [3.63, 3.8) is 0 Å². The zero-order valence-corrected chi connectivity index (χ0v) is 14.5. The minimum atomic E-state index is -2.97. The molecule has 1 heterocycles. The van der Waals surface area contributed by atoms with Gasteiger partial charge in [0.1, 0.15) is 5.75 Å². The lowest BCUT2D eigenvalue weighted by atomic mass is 10.1. The number of halogens is 2. The Labute approximate surface area is 156 Å². The average molecular weight is 388 g/mol. The summed E-state index contributed by atoms with van der Waals surface area (Å²) in [5, 5.41) is 4.59. The molecule has 0 aliphatic rings. The Hall–Kier alpha value is -3.82. The van der Waals surface area contributed by atoms with E-state index in [1.807, 2.05) is 0 Å². The van der Waals surface area contributed by atoms with Gasteiger partial charge in [-0.1, -0.05) is 18.2 Å². The maximum atomic E-state index is 12.4. The van der Waals surface area contributed by atoms with Crippen LogP contribution in [0.2, 0.25) is 0 Å². The molecule has 144 valence electrons. The van der Waals surface area contributed by atoms with Crippen LogP contribution in [0.1, 0.15) is 20.8 Å². The van der Waals surface area contributed by atoms with Crippen LogP contribution in [0, 0.1) is 0 Å². The first-order valence-corrected chi connectivity index (χ1v) is 7.98. The molecule has 28 heavy (non-hydrogen) atoms. The molecular formula is C18H14F2N4O4. The van der Waals surface area contributed by atoms with Gasteiger partial charge in [0.05, 0.1) is 5.39 Å². The Kier molecular flexibility index (Phi) is 5.30. The summed E-state index contributed by atoms with van der Waals surface area (Å²) < 4.78 is 29.5. The van der Waals surface area contributed by atoms with Crippen molar-refractivity contribution in [2.45, 2.75) is 6.61 Å². The van der Waals surface area contributed by atoms with Crippen LogP contribution in [0.5, 0.6) is 5.75 Å². The van der Waals surface area contributed by atoms with Gasteiger partial charge in [0.2, 0.25) is 0 Å². The van der Waals surface area contributed by atoms with E-state index in [1.165, 1.54) is 31.3 Å². The summed E-state index contributed by atoms with van der Waals surface area (Å²) in [5.41, 5.74) is 4.13. The number of carbonyl (C=O) groups excluding carboxylic acids is 2. The summed E-state index contributed by atoms with van der Waals surface area (Å²) >= 11 is 0. The molecule has 0 aliphatic heterocycles. The fourth-order valence-electron chi connectivity index (χ4n) is 2.50. The van der Waals surface area contributed by atoms with Gasteiger partial charge in [0.15, 0.2) is 5.69 Å². The Morgan fingerprint density at radius 3 is 2.25 bits per heavy atom. The summed E-state index contributed by atoms with van der Waals surface area (Å²) in [7, 11) is 1.41. The standard InChI is InChI=1S/C18H14F2N4O4/c1-24-17(27)13-5-3-2-4-12(13)14(23-24)16(26)22-21-15(25)10-6-8-11(9-7-10)28-18(19)20/h2-9,18H,1H3,(H,21,25)(H,22,26). The number of hydrogen-bond acceptors (Lipinski definition) is 5. The number of hydrazine groups is 1. The number of hydrogen-bond donors (Lipinski definition) is 2. The molecular weight excluding hydrogens is 374 g/mol. The van der Waals surface area contributed by atoms with Crippen LogP contribution < -0.4 is 21.1 Å². The zero-order chi connectivity index (χ0) is 20.3. The molecule has 2 aromatic carbocycles. The highest BCUT2D eigenvalue weighted by molar-refractivity contribution is 6.06. The molecule has 1 aromatic heterocycles. The van der Waals surface area contributed by atoms with Gasteiger partial charge in [-0.15, -0.1) is 0 Å². The highest BCUT2D eigenvalue weighted by atomic mass is 19.3. The Bertz CT molecular complexity index is 1100. The molecule has 3 aromatic rings. The van der Waals surface area contributed by atoms with Gasteiger partial charge in [0.25, 0.3) is 17.4 Å². The number of alkyl halides is 2. The van der Waals surface area contributed by atoms with E-state index in [0.717, 1.165) is 4.68 Å². The van der Waals surface area contributed by atoms with E-state index in [0.29, 0.717) is 10.8 Å². The minimum Gasteiger partial charge on any atom is -0.435 e.